The van der Waals surface area contributed by atoms with Crippen molar-refractivity contribution in [2.75, 3.05) is 20.3 Å². The zero-order valence-corrected chi connectivity index (χ0v) is 10.00. The van der Waals surface area contributed by atoms with E-state index in [1.165, 1.54) is 7.11 Å². The standard InChI is InChI=1S/C12H16F3NO2/c1-18-7-9-3-2-4-10(5-9)11(6-17)16-8-12(13,14)15/h2-5,11,16-17H,6-8H2,1H3. The molecule has 2 N–H and O–H groups in total. The third-order valence-electron chi connectivity index (χ3n) is 2.40. The maximum atomic E-state index is 12.1. The Balaban J connectivity index is 2.72. The molecule has 0 aliphatic rings. The van der Waals surface area contributed by atoms with Gasteiger partial charge in [-0.25, -0.2) is 0 Å². The lowest BCUT2D eigenvalue weighted by molar-refractivity contribution is -0.126. The first-order chi connectivity index (χ1) is 8.46. The smallest absolute Gasteiger partial charge is 0.394 e. The van der Waals surface area contributed by atoms with Gasteiger partial charge in [0.25, 0.3) is 0 Å². The Labute approximate surface area is 104 Å². The second kappa shape index (κ2) is 6.72. The van der Waals surface area contributed by atoms with Crippen LogP contribution in [0.3, 0.4) is 0 Å². The first-order valence-corrected chi connectivity index (χ1v) is 5.45. The maximum Gasteiger partial charge on any atom is 0.401 e. The van der Waals surface area contributed by atoms with Gasteiger partial charge >= 0.3 is 6.18 Å². The number of hydrogen-bond acceptors (Lipinski definition) is 3. The van der Waals surface area contributed by atoms with Crippen molar-refractivity contribution < 1.29 is 23.0 Å². The molecule has 0 saturated carbocycles. The SMILES string of the molecule is COCc1cccc(C(CO)NCC(F)(F)F)c1. The summed E-state index contributed by atoms with van der Waals surface area (Å²) in [6, 6.07) is 6.19. The van der Waals surface area contributed by atoms with Crippen molar-refractivity contribution in [2.24, 2.45) is 0 Å². The molecule has 0 fully saturated rings. The number of aliphatic hydroxyl groups excluding tert-OH is 1. The molecular weight excluding hydrogens is 247 g/mol. The summed E-state index contributed by atoms with van der Waals surface area (Å²) in [5, 5.41) is 11.4. The molecule has 0 aliphatic heterocycles. The number of rotatable bonds is 6. The van der Waals surface area contributed by atoms with Crippen LogP contribution in [0.5, 0.6) is 0 Å². The summed E-state index contributed by atoms with van der Waals surface area (Å²) >= 11 is 0. The summed E-state index contributed by atoms with van der Waals surface area (Å²) in [7, 11) is 1.54. The van der Waals surface area contributed by atoms with Gasteiger partial charge in [-0.05, 0) is 11.1 Å². The minimum atomic E-state index is -4.29. The fraction of sp³-hybridized carbons (Fsp3) is 0.500. The molecule has 1 aromatic carbocycles. The number of methoxy groups -OCH3 is 1. The summed E-state index contributed by atoms with van der Waals surface area (Å²) in [4.78, 5) is 0. The highest BCUT2D eigenvalue weighted by Crippen LogP contribution is 2.18. The van der Waals surface area contributed by atoms with Crippen LogP contribution in [0, 0.1) is 0 Å². The summed E-state index contributed by atoms with van der Waals surface area (Å²) < 4.78 is 41.3. The van der Waals surface area contributed by atoms with Gasteiger partial charge in [-0.1, -0.05) is 24.3 Å². The molecule has 6 heteroatoms. The number of halogens is 3. The molecule has 0 aliphatic carbocycles. The number of benzene rings is 1. The van der Waals surface area contributed by atoms with E-state index in [-0.39, 0.29) is 0 Å². The van der Waals surface area contributed by atoms with Gasteiger partial charge in [0, 0.05) is 7.11 Å². The maximum absolute atomic E-state index is 12.1. The van der Waals surface area contributed by atoms with Crippen LogP contribution in [-0.2, 0) is 11.3 Å². The second-order valence-electron chi connectivity index (χ2n) is 3.91. The molecule has 0 heterocycles. The van der Waals surface area contributed by atoms with Crippen molar-refractivity contribution in [3.63, 3.8) is 0 Å². The van der Waals surface area contributed by atoms with Gasteiger partial charge in [-0.2, -0.15) is 13.2 Å². The van der Waals surface area contributed by atoms with Gasteiger partial charge in [0.1, 0.15) is 0 Å². The molecule has 0 saturated heterocycles. The first-order valence-electron chi connectivity index (χ1n) is 5.45. The van der Waals surface area contributed by atoms with Crippen molar-refractivity contribution in [1.29, 1.82) is 0 Å². The fourth-order valence-electron chi connectivity index (χ4n) is 1.59. The van der Waals surface area contributed by atoms with Crippen LogP contribution >= 0.6 is 0 Å². The first kappa shape index (κ1) is 14.9. The summed E-state index contributed by atoms with van der Waals surface area (Å²) in [6.45, 7) is -1.15. The van der Waals surface area contributed by atoms with E-state index in [0.717, 1.165) is 5.56 Å². The Bertz CT molecular complexity index is 369. The van der Waals surface area contributed by atoms with Gasteiger partial charge < -0.3 is 9.84 Å². The fourth-order valence-corrected chi connectivity index (χ4v) is 1.59. The zero-order chi connectivity index (χ0) is 13.6. The van der Waals surface area contributed by atoms with Crippen LogP contribution in [0.15, 0.2) is 24.3 Å². The number of alkyl halides is 3. The molecule has 0 amide bonds. The van der Waals surface area contributed by atoms with E-state index in [2.05, 4.69) is 5.32 Å². The minimum Gasteiger partial charge on any atom is -0.394 e. The van der Waals surface area contributed by atoms with E-state index in [9.17, 15) is 13.2 Å². The molecule has 3 nitrogen and oxygen atoms in total. The lowest BCUT2D eigenvalue weighted by Gasteiger charge is -2.18. The third-order valence-corrected chi connectivity index (χ3v) is 2.40. The Morgan fingerprint density at radius 2 is 2.11 bits per heavy atom. The Kier molecular flexibility index (Phi) is 5.58. The van der Waals surface area contributed by atoms with Crippen molar-refractivity contribution in [3.8, 4) is 0 Å². The molecular formula is C12H16F3NO2. The molecule has 0 radical (unpaired) electrons. The molecule has 18 heavy (non-hydrogen) atoms. The van der Waals surface area contributed by atoms with E-state index in [4.69, 9.17) is 9.84 Å². The lowest BCUT2D eigenvalue weighted by Crippen LogP contribution is -2.33. The average molecular weight is 263 g/mol. The van der Waals surface area contributed by atoms with Gasteiger partial charge in [-0.15, -0.1) is 0 Å². The molecule has 0 bridgehead atoms. The summed E-state index contributed by atoms with van der Waals surface area (Å²) in [5.41, 5.74) is 1.46. The molecule has 1 aromatic rings. The number of aliphatic hydroxyl groups is 1. The van der Waals surface area contributed by atoms with Gasteiger partial charge in [0.15, 0.2) is 0 Å². The monoisotopic (exact) mass is 263 g/mol. The lowest BCUT2D eigenvalue weighted by atomic mass is 10.0. The summed E-state index contributed by atoms with van der Waals surface area (Å²) in [5.74, 6) is 0. The Morgan fingerprint density at radius 1 is 1.39 bits per heavy atom. The number of nitrogens with one attached hydrogen (secondary N) is 1. The van der Waals surface area contributed by atoms with Crippen LogP contribution in [-0.4, -0.2) is 31.5 Å². The highest BCUT2D eigenvalue weighted by atomic mass is 19.4. The minimum absolute atomic E-state index is 0.380. The van der Waals surface area contributed by atoms with E-state index in [1.807, 2.05) is 6.07 Å². The Hall–Kier alpha value is -1.11. The number of hydrogen-bond donors (Lipinski definition) is 2. The van der Waals surface area contributed by atoms with E-state index >= 15 is 0 Å². The van der Waals surface area contributed by atoms with Gasteiger partial charge in [-0.3, -0.25) is 5.32 Å². The highest BCUT2D eigenvalue weighted by molar-refractivity contribution is 5.25. The predicted octanol–water partition coefficient (Wildman–Crippen LogP) is 2.02. The van der Waals surface area contributed by atoms with Crippen LogP contribution in [0.1, 0.15) is 17.2 Å². The number of ether oxygens (including phenoxy) is 1. The van der Waals surface area contributed by atoms with Crippen molar-refractivity contribution in [2.45, 2.75) is 18.8 Å². The third kappa shape index (κ3) is 5.03. The van der Waals surface area contributed by atoms with Crippen molar-refractivity contribution >= 4 is 0 Å². The molecule has 1 rings (SSSR count). The largest absolute Gasteiger partial charge is 0.401 e. The van der Waals surface area contributed by atoms with Crippen LogP contribution in [0.4, 0.5) is 13.2 Å². The van der Waals surface area contributed by atoms with E-state index in [1.54, 1.807) is 18.2 Å². The second-order valence-corrected chi connectivity index (χ2v) is 3.91. The Morgan fingerprint density at radius 3 is 2.67 bits per heavy atom. The quantitative estimate of drug-likeness (QED) is 0.825. The van der Waals surface area contributed by atoms with E-state index in [0.29, 0.717) is 12.2 Å². The molecule has 0 aromatic heterocycles. The summed E-state index contributed by atoms with van der Waals surface area (Å²) in [6.07, 6.45) is -4.29. The van der Waals surface area contributed by atoms with E-state index < -0.39 is 25.4 Å². The van der Waals surface area contributed by atoms with Crippen LogP contribution < -0.4 is 5.32 Å². The normalized spacial score (nSPS) is 13.6. The zero-order valence-electron chi connectivity index (χ0n) is 10.00. The van der Waals surface area contributed by atoms with Crippen molar-refractivity contribution in [3.05, 3.63) is 35.4 Å². The van der Waals surface area contributed by atoms with Crippen LogP contribution in [0.25, 0.3) is 0 Å². The molecule has 102 valence electrons. The topological polar surface area (TPSA) is 41.5 Å². The average Bonchev–Trinajstić information content (AvgIpc) is 2.29. The van der Waals surface area contributed by atoms with Crippen LogP contribution in [0.2, 0.25) is 0 Å². The molecule has 1 unspecified atom stereocenters. The van der Waals surface area contributed by atoms with Gasteiger partial charge in [0.05, 0.1) is 25.8 Å². The van der Waals surface area contributed by atoms with Crippen molar-refractivity contribution in [1.82, 2.24) is 5.32 Å². The highest BCUT2D eigenvalue weighted by Gasteiger charge is 2.28. The van der Waals surface area contributed by atoms with Gasteiger partial charge in [0.2, 0.25) is 0 Å². The predicted molar refractivity (Wildman–Crippen MR) is 61.0 cm³/mol. The molecule has 0 spiro atoms. The molecule has 1 atom stereocenters.